The van der Waals surface area contributed by atoms with E-state index < -0.39 is 11.4 Å². The minimum absolute atomic E-state index is 0.0696. The first-order valence-corrected chi connectivity index (χ1v) is 7.78. The molecule has 0 radical (unpaired) electrons. The zero-order valence-electron chi connectivity index (χ0n) is 12.1. The number of nitrogens with zero attached hydrogens (tertiary/aromatic N) is 1. The van der Waals surface area contributed by atoms with Crippen molar-refractivity contribution in [2.75, 3.05) is 19.7 Å². The molecule has 1 heterocycles. The van der Waals surface area contributed by atoms with Gasteiger partial charge in [0.05, 0.1) is 5.41 Å². The van der Waals surface area contributed by atoms with Gasteiger partial charge in [-0.05, 0) is 37.0 Å². The molecule has 5 nitrogen and oxygen atoms in total. The van der Waals surface area contributed by atoms with Crippen LogP contribution in [-0.4, -0.2) is 41.6 Å². The molecular formula is C16H18ClNO4. The highest BCUT2D eigenvalue weighted by atomic mass is 35.5. The van der Waals surface area contributed by atoms with Crippen LogP contribution in [0, 0.1) is 11.3 Å². The fraction of sp³-hybridized carbons (Fsp3) is 0.500. The molecule has 6 heteroatoms. The summed E-state index contributed by atoms with van der Waals surface area (Å²) in [7, 11) is 0. The predicted molar refractivity (Wildman–Crippen MR) is 80.9 cm³/mol. The van der Waals surface area contributed by atoms with Crippen molar-refractivity contribution in [3.05, 3.63) is 29.3 Å². The number of hydrogen-bond acceptors (Lipinski definition) is 3. The van der Waals surface area contributed by atoms with Crippen molar-refractivity contribution >= 4 is 23.5 Å². The van der Waals surface area contributed by atoms with E-state index in [-0.39, 0.29) is 18.4 Å². The first-order valence-electron chi connectivity index (χ1n) is 7.41. The topological polar surface area (TPSA) is 66.8 Å². The first kappa shape index (κ1) is 15.2. The molecular weight excluding hydrogens is 306 g/mol. The van der Waals surface area contributed by atoms with E-state index in [0.717, 1.165) is 12.8 Å². The van der Waals surface area contributed by atoms with Crippen molar-refractivity contribution in [1.29, 1.82) is 0 Å². The van der Waals surface area contributed by atoms with Crippen LogP contribution < -0.4 is 4.74 Å². The van der Waals surface area contributed by atoms with Crippen molar-refractivity contribution in [1.82, 2.24) is 4.90 Å². The van der Waals surface area contributed by atoms with Gasteiger partial charge in [0.2, 0.25) is 0 Å². The fourth-order valence-electron chi connectivity index (χ4n) is 3.62. The standard InChI is InChI=1S/C16H18ClNO4/c17-12-4-1-5-13(7-12)22-9-14(19)18-8-11-3-2-6-16(11,10-18)15(20)21/h1,4-5,7,11H,2-3,6,8-10H2,(H,20,21)/t11-,16+/m0/s1. The van der Waals surface area contributed by atoms with E-state index in [9.17, 15) is 14.7 Å². The third kappa shape index (κ3) is 2.65. The number of likely N-dealkylation sites (tertiary alicyclic amines) is 1. The molecule has 2 atom stereocenters. The molecule has 22 heavy (non-hydrogen) atoms. The van der Waals surface area contributed by atoms with Crippen molar-refractivity contribution in [3.63, 3.8) is 0 Å². The number of carbonyl (C=O) groups excluding carboxylic acids is 1. The lowest BCUT2D eigenvalue weighted by Gasteiger charge is -2.23. The summed E-state index contributed by atoms with van der Waals surface area (Å²) in [6.07, 6.45) is 2.47. The van der Waals surface area contributed by atoms with Crippen LogP contribution in [0.25, 0.3) is 0 Å². The average molecular weight is 324 g/mol. The van der Waals surface area contributed by atoms with Gasteiger partial charge in [0, 0.05) is 18.1 Å². The molecule has 1 aromatic rings. The maximum absolute atomic E-state index is 12.3. The largest absolute Gasteiger partial charge is 0.484 e. The molecule has 1 saturated carbocycles. The summed E-state index contributed by atoms with van der Waals surface area (Å²) >= 11 is 5.86. The van der Waals surface area contributed by atoms with Gasteiger partial charge in [0.15, 0.2) is 6.61 Å². The minimum atomic E-state index is -0.777. The maximum Gasteiger partial charge on any atom is 0.311 e. The van der Waals surface area contributed by atoms with Gasteiger partial charge >= 0.3 is 5.97 Å². The smallest absolute Gasteiger partial charge is 0.311 e. The Morgan fingerprint density at radius 2 is 2.27 bits per heavy atom. The molecule has 1 aliphatic heterocycles. The van der Waals surface area contributed by atoms with Crippen LogP contribution >= 0.6 is 11.6 Å². The Morgan fingerprint density at radius 1 is 1.45 bits per heavy atom. The Bertz CT molecular complexity index is 606. The molecule has 0 spiro atoms. The number of ether oxygens (including phenoxy) is 1. The fourth-order valence-corrected chi connectivity index (χ4v) is 3.80. The molecule has 2 fully saturated rings. The molecule has 1 saturated heterocycles. The van der Waals surface area contributed by atoms with Gasteiger partial charge in [-0.3, -0.25) is 9.59 Å². The zero-order valence-corrected chi connectivity index (χ0v) is 12.9. The number of halogens is 1. The molecule has 1 amide bonds. The van der Waals surface area contributed by atoms with Crippen LogP contribution in [0.2, 0.25) is 5.02 Å². The van der Waals surface area contributed by atoms with E-state index in [1.54, 1.807) is 29.2 Å². The summed E-state index contributed by atoms with van der Waals surface area (Å²) in [5, 5.41) is 10.1. The monoisotopic (exact) mass is 323 g/mol. The highest BCUT2D eigenvalue weighted by molar-refractivity contribution is 6.30. The number of carboxylic acids is 1. The minimum Gasteiger partial charge on any atom is -0.484 e. The lowest BCUT2D eigenvalue weighted by Crippen LogP contribution is -2.38. The summed E-state index contributed by atoms with van der Waals surface area (Å²) in [4.78, 5) is 25.5. The summed E-state index contributed by atoms with van der Waals surface area (Å²) in [5.74, 6) is -0.343. The van der Waals surface area contributed by atoms with Crippen molar-refractivity contribution in [3.8, 4) is 5.75 Å². The predicted octanol–water partition coefficient (Wildman–Crippen LogP) is 2.43. The van der Waals surface area contributed by atoms with Gasteiger partial charge in [-0.1, -0.05) is 24.1 Å². The van der Waals surface area contributed by atoms with E-state index in [2.05, 4.69) is 0 Å². The third-order valence-corrected chi connectivity index (χ3v) is 5.04. The Kier molecular flexibility index (Phi) is 4.00. The zero-order chi connectivity index (χ0) is 15.7. The summed E-state index contributed by atoms with van der Waals surface area (Å²) < 4.78 is 5.45. The third-order valence-electron chi connectivity index (χ3n) is 4.81. The molecule has 0 aromatic heterocycles. The number of fused-ring (bicyclic) bond motifs is 1. The molecule has 1 aromatic carbocycles. The second-order valence-electron chi connectivity index (χ2n) is 6.07. The Morgan fingerprint density at radius 3 is 2.95 bits per heavy atom. The van der Waals surface area contributed by atoms with Crippen LogP contribution in [0.4, 0.5) is 0 Å². The number of carboxylic acid groups (broad SMARTS) is 1. The van der Waals surface area contributed by atoms with Gasteiger partial charge in [-0.2, -0.15) is 0 Å². The molecule has 3 rings (SSSR count). The number of rotatable bonds is 4. The second-order valence-corrected chi connectivity index (χ2v) is 6.51. The molecule has 0 bridgehead atoms. The normalized spacial score (nSPS) is 26.8. The number of benzene rings is 1. The molecule has 1 aliphatic carbocycles. The SMILES string of the molecule is O=C(COc1cccc(Cl)c1)N1C[C@@H]2CCC[C@@]2(C(=O)O)C1. The Hall–Kier alpha value is -1.75. The van der Waals surface area contributed by atoms with E-state index in [1.807, 2.05) is 0 Å². The highest BCUT2D eigenvalue weighted by Gasteiger charge is 2.55. The van der Waals surface area contributed by atoms with E-state index in [0.29, 0.717) is 30.3 Å². The maximum atomic E-state index is 12.3. The first-order chi connectivity index (χ1) is 10.5. The van der Waals surface area contributed by atoms with Crippen molar-refractivity contribution < 1.29 is 19.4 Å². The van der Waals surface area contributed by atoms with Crippen molar-refractivity contribution in [2.24, 2.45) is 11.3 Å². The molecule has 118 valence electrons. The summed E-state index contributed by atoms with van der Waals surface area (Å²) in [6, 6.07) is 6.86. The van der Waals surface area contributed by atoms with Gasteiger partial charge in [0.1, 0.15) is 5.75 Å². The van der Waals surface area contributed by atoms with Crippen LogP contribution in [0.5, 0.6) is 5.75 Å². The summed E-state index contributed by atoms with van der Waals surface area (Å²) in [5.41, 5.74) is -0.744. The molecule has 1 N–H and O–H groups in total. The second kappa shape index (κ2) is 5.80. The number of amides is 1. The highest BCUT2D eigenvalue weighted by Crippen LogP contribution is 2.48. The van der Waals surface area contributed by atoms with E-state index in [1.165, 1.54) is 0 Å². The lowest BCUT2D eigenvalue weighted by atomic mass is 9.81. The van der Waals surface area contributed by atoms with Crippen LogP contribution in [-0.2, 0) is 9.59 Å². The Labute approximate surface area is 133 Å². The van der Waals surface area contributed by atoms with Crippen LogP contribution in [0.3, 0.4) is 0 Å². The van der Waals surface area contributed by atoms with Gasteiger partial charge in [-0.25, -0.2) is 0 Å². The van der Waals surface area contributed by atoms with Crippen LogP contribution in [0.1, 0.15) is 19.3 Å². The van der Waals surface area contributed by atoms with Gasteiger partial charge in [-0.15, -0.1) is 0 Å². The van der Waals surface area contributed by atoms with E-state index >= 15 is 0 Å². The average Bonchev–Trinajstić information content (AvgIpc) is 3.02. The Balaban J connectivity index is 1.61. The van der Waals surface area contributed by atoms with Gasteiger partial charge in [0.25, 0.3) is 5.91 Å². The molecule has 0 unspecified atom stereocenters. The summed E-state index contributed by atoms with van der Waals surface area (Å²) in [6.45, 7) is 0.720. The van der Waals surface area contributed by atoms with E-state index in [4.69, 9.17) is 16.3 Å². The number of hydrogen-bond donors (Lipinski definition) is 1. The molecule has 2 aliphatic rings. The number of aliphatic carboxylic acids is 1. The van der Waals surface area contributed by atoms with Crippen molar-refractivity contribution in [2.45, 2.75) is 19.3 Å². The quantitative estimate of drug-likeness (QED) is 0.924. The lowest BCUT2D eigenvalue weighted by molar-refractivity contribution is -0.149. The number of carbonyl (C=O) groups is 2. The van der Waals surface area contributed by atoms with Crippen LogP contribution in [0.15, 0.2) is 24.3 Å². The van der Waals surface area contributed by atoms with Gasteiger partial charge < -0.3 is 14.7 Å².